The van der Waals surface area contributed by atoms with Gasteiger partial charge < -0.3 is 10.4 Å². The fourth-order valence-electron chi connectivity index (χ4n) is 2.52. The van der Waals surface area contributed by atoms with Crippen molar-refractivity contribution in [2.45, 2.75) is 31.0 Å². The molecule has 11 heteroatoms. The number of carboxylic acid groups (broad SMARTS) is 1. The van der Waals surface area contributed by atoms with Crippen LogP contribution in [0.3, 0.4) is 0 Å². The largest absolute Gasteiger partial charge is 0.480 e. The number of amides is 1. The minimum Gasteiger partial charge on any atom is -0.480 e. The molecule has 0 aromatic heterocycles. The SMILES string of the molecule is CC(=O)Nc1ccc(S(=O)(=O)N(c2cccc(C(F)(F)F)c2)C(C)C(=O)O)cc1. The second kappa shape index (κ2) is 8.11. The number of rotatable bonds is 6. The summed E-state index contributed by atoms with van der Waals surface area (Å²) in [5.41, 5.74) is -1.26. The van der Waals surface area contributed by atoms with Crippen molar-refractivity contribution >= 4 is 33.3 Å². The molecule has 0 spiro atoms. The number of aliphatic carboxylic acids is 1. The Bertz CT molecular complexity index is 1020. The lowest BCUT2D eigenvalue weighted by atomic mass is 10.2. The van der Waals surface area contributed by atoms with Gasteiger partial charge in [-0.25, -0.2) is 13.2 Å². The minimum atomic E-state index is -4.74. The van der Waals surface area contributed by atoms with Crippen LogP contribution >= 0.6 is 0 Å². The number of hydrogen-bond acceptors (Lipinski definition) is 4. The van der Waals surface area contributed by atoms with Crippen molar-refractivity contribution < 1.29 is 36.3 Å². The molecule has 2 N–H and O–H groups in total. The Hall–Kier alpha value is -3.08. The molecule has 1 unspecified atom stereocenters. The second-order valence-electron chi connectivity index (χ2n) is 6.07. The molecule has 0 aliphatic rings. The Morgan fingerprint density at radius 3 is 2.17 bits per heavy atom. The maximum absolute atomic E-state index is 13.1. The average Bonchev–Trinajstić information content (AvgIpc) is 2.61. The van der Waals surface area contributed by atoms with E-state index >= 15 is 0 Å². The summed E-state index contributed by atoms with van der Waals surface area (Å²) in [7, 11) is -4.53. The Balaban J connectivity index is 2.58. The molecule has 156 valence electrons. The van der Waals surface area contributed by atoms with Crippen molar-refractivity contribution in [1.82, 2.24) is 0 Å². The third-order valence-corrected chi connectivity index (χ3v) is 5.78. The van der Waals surface area contributed by atoms with Gasteiger partial charge in [-0.15, -0.1) is 0 Å². The molecule has 0 fully saturated rings. The van der Waals surface area contributed by atoms with Crippen LogP contribution < -0.4 is 9.62 Å². The summed E-state index contributed by atoms with van der Waals surface area (Å²) < 4.78 is 65.7. The van der Waals surface area contributed by atoms with Gasteiger partial charge in [0.25, 0.3) is 10.0 Å². The standard InChI is InChI=1S/C18H17F3N2O5S/c1-11(17(25)26)23(15-5-3-4-13(10-15)18(19,20)21)29(27,28)16-8-6-14(7-9-16)22-12(2)24/h3-11H,1-2H3,(H,22,24)(H,25,26). The lowest BCUT2D eigenvalue weighted by Crippen LogP contribution is -2.43. The van der Waals surface area contributed by atoms with E-state index in [1.165, 1.54) is 19.1 Å². The van der Waals surface area contributed by atoms with Crippen molar-refractivity contribution in [2.24, 2.45) is 0 Å². The van der Waals surface area contributed by atoms with E-state index < -0.39 is 39.5 Å². The number of carboxylic acids is 1. The van der Waals surface area contributed by atoms with Crippen LogP contribution in [0.4, 0.5) is 24.5 Å². The number of alkyl halides is 3. The van der Waals surface area contributed by atoms with E-state index in [9.17, 15) is 36.3 Å². The van der Waals surface area contributed by atoms with Gasteiger partial charge in [0.15, 0.2) is 0 Å². The normalized spacial score (nSPS) is 12.9. The number of carbonyl (C=O) groups is 2. The van der Waals surface area contributed by atoms with Crippen LogP contribution in [0.15, 0.2) is 53.4 Å². The summed E-state index contributed by atoms with van der Waals surface area (Å²) in [6.07, 6.45) is -4.74. The van der Waals surface area contributed by atoms with E-state index in [0.717, 1.165) is 37.3 Å². The highest BCUT2D eigenvalue weighted by molar-refractivity contribution is 7.92. The predicted octanol–water partition coefficient (Wildman–Crippen LogP) is 3.33. The zero-order valence-corrected chi connectivity index (χ0v) is 16.1. The predicted molar refractivity (Wildman–Crippen MR) is 99.0 cm³/mol. The van der Waals surface area contributed by atoms with Gasteiger partial charge in [-0.3, -0.25) is 9.10 Å². The summed E-state index contributed by atoms with van der Waals surface area (Å²) in [5.74, 6) is -1.92. The van der Waals surface area contributed by atoms with Gasteiger partial charge >= 0.3 is 12.1 Å². The molecule has 2 aromatic rings. The summed E-state index contributed by atoms with van der Waals surface area (Å²) in [4.78, 5) is 22.2. The lowest BCUT2D eigenvalue weighted by Gasteiger charge is -2.28. The zero-order valence-electron chi connectivity index (χ0n) is 15.3. The molecule has 0 radical (unpaired) electrons. The lowest BCUT2D eigenvalue weighted by molar-refractivity contribution is -0.138. The monoisotopic (exact) mass is 430 g/mol. The molecule has 29 heavy (non-hydrogen) atoms. The first kappa shape index (κ1) is 22.2. The first-order valence-electron chi connectivity index (χ1n) is 8.16. The maximum atomic E-state index is 13.1. The van der Waals surface area contributed by atoms with Crippen LogP contribution in [-0.2, 0) is 25.8 Å². The van der Waals surface area contributed by atoms with Gasteiger partial charge in [0.05, 0.1) is 16.1 Å². The number of nitrogens with zero attached hydrogens (tertiary/aromatic N) is 1. The van der Waals surface area contributed by atoms with E-state index in [4.69, 9.17) is 0 Å². The van der Waals surface area contributed by atoms with Gasteiger partial charge in [0, 0.05) is 12.6 Å². The Labute approximate surface area is 164 Å². The van der Waals surface area contributed by atoms with Crippen LogP contribution in [0.2, 0.25) is 0 Å². The molecule has 7 nitrogen and oxygen atoms in total. The van der Waals surface area contributed by atoms with Crippen LogP contribution in [0.5, 0.6) is 0 Å². The van der Waals surface area contributed by atoms with Gasteiger partial charge in [0.2, 0.25) is 5.91 Å². The molecule has 0 saturated heterocycles. The van der Waals surface area contributed by atoms with Crippen LogP contribution in [0.1, 0.15) is 19.4 Å². The molecule has 1 amide bonds. The second-order valence-corrected chi connectivity index (χ2v) is 7.88. The van der Waals surface area contributed by atoms with E-state index in [-0.39, 0.29) is 10.8 Å². The van der Waals surface area contributed by atoms with Gasteiger partial charge in [0.1, 0.15) is 6.04 Å². The van der Waals surface area contributed by atoms with Crippen molar-refractivity contribution in [3.63, 3.8) is 0 Å². The topological polar surface area (TPSA) is 104 Å². The molecule has 0 aliphatic carbocycles. The highest BCUT2D eigenvalue weighted by Crippen LogP contribution is 2.34. The van der Waals surface area contributed by atoms with Crippen LogP contribution in [0.25, 0.3) is 0 Å². The average molecular weight is 430 g/mol. The summed E-state index contributed by atoms with van der Waals surface area (Å²) in [5, 5.41) is 11.8. The molecular formula is C18H17F3N2O5S. The highest BCUT2D eigenvalue weighted by Gasteiger charge is 2.36. The number of benzene rings is 2. The summed E-state index contributed by atoms with van der Waals surface area (Å²) >= 11 is 0. The molecule has 0 aliphatic heterocycles. The van der Waals surface area contributed by atoms with Gasteiger partial charge in [-0.1, -0.05) is 6.07 Å². The van der Waals surface area contributed by atoms with Crippen molar-refractivity contribution in [2.75, 3.05) is 9.62 Å². The fourth-order valence-corrected chi connectivity index (χ4v) is 4.12. The minimum absolute atomic E-state index is 0.299. The van der Waals surface area contributed by atoms with E-state index in [2.05, 4.69) is 5.32 Å². The molecule has 0 bridgehead atoms. The quantitative estimate of drug-likeness (QED) is 0.732. The summed E-state index contributed by atoms with van der Waals surface area (Å²) in [6, 6.07) is 6.52. The molecule has 2 aromatic carbocycles. The van der Waals surface area contributed by atoms with Gasteiger partial charge in [-0.2, -0.15) is 13.2 Å². The molecule has 1 atom stereocenters. The van der Waals surface area contributed by atoms with Crippen LogP contribution in [-0.4, -0.2) is 31.4 Å². The van der Waals surface area contributed by atoms with E-state index in [1.54, 1.807) is 0 Å². The number of sulfonamides is 1. The third kappa shape index (κ3) is 5.05. The Morgan fingerprint density at radius 2 is 1.69 bits per heavy atom. The van der Waals surface area contributed by atoms with Crippen molar-refractivity contribution in [1.29, 1.82) is 0 Å². The van der Waals surface area contributed by atoms with E-state index in [0.29, 0.717) is 16.1 Å². The molecular weight excluding hydrogens is 413 g/mol. The molecule has 0 saturated carbocycles. The molecule has 2 rings (SSSR count). The first-order valence-corrected chi connectivity index (χ1v) is 9.60. The number of halogens is 3. The highest BCUT2D eigenvalue weighted by atomic mass is 32.2. The Kier molecular flexibility index (Phi) is 6.21. The Morgan fingerprint density at radius 1 is 1.10 bits per heavy atom. The van der Waals surface area contributed by atoms with Crippen LogP contribution in [0, 0.1) is 0 Å². The summed E-state index contributed by atoms with van der Waals surface area (Å²) in [6.45, 7) is 2.31. The maximum Gasteiger partial charge on any atom is 0.416 e. The number of carbonyl (C=O) groups excluding carboxylic acids is 1. The third-order valence-electron chi connectivity index (χ3n) is 3.87. The number of nitrogens with one attached hydrogen (secondary N) is 1. The smallest absolute Gasteiger partial charge is 0.416 e. The zero-order chi connectivity index (χ0) is 22.0. The fraction of sp³-hybridized carbons (Fsp3) is 0.222. The number of anilines is 2. The van der Waals surface area contributed by atoms with E-state index in [1.807, 2.05) is 0 Å². The number of hydrogen-bond donors (Lipinski definition) is 2. The van der Waals surface area contributed by atoms with Gasteiger partial charge in [-0.05, 0) is 49.4 Å². The van der Waals surface area contributed by atoms with Crippen molar-refractivity contribution in [3.8, 4) is 0 Å². The van der Waals surface area contributed by atoms with Crippen molar-refractivity contribution in [3.05, 3.63) is 54.1 Å². The first-order chi connectivity index (χ1) is 13.3. The molecule has 0 heterocycles.